The summed E-state index contributed by atoms with van der Waals surface area (Å²) in [6.45, 7) is 0. The van der Waals surface area contributed by atoms with E-state index in [4.69, 9.17) is 0 Å². The van der Waals surface area contributed by atoms with Gasteiger partial charge >= 0.3 is 0 Å². The third kappa shape index (κ3) is 2.19. The average Bonchev–Trinajstić information content (AvgIpc) is 2.64. The first-order valence-electron chi connectivity index (χ1n) is 6.64. The number of hydrogen-bond acceptors (Lipinski definition) is 5. The molecule has 2 saturated heterocycles. The van der Waals surface area contributed by atoms with Gasteiger partial charge in [-0.05, 0) is 25.0 Å². The van der Waals surface area contributed by atoms with E-state index >= 15 is 0 Å². The van der Waals surface area contributed by atoms with E-state index in [1.165, 1.54) is 0 Å². The molecule has 114 valence electrons. The van der Waals surface area contributed by atoms with Crippen LogP contribution < -0.4 is 5.32 Å². The van der Waals surface area contributed by atoms with Crippen LogP contribution in [0.5, 0.6) is 0 Å². The smallest absolute Gasteiger partial charge is 0.237 e. The Morgan fingerprint density at radius 3 is 2.05 bits per heavy atom. The third-order valence-electron chi connectivity index (χ3n) is 4.11. The topological polar surface area (TPSA) is 89.9 Å². The number of likely N-dealkylation sites (tertiary alicyclic amines) is 1. The van der Waals surface area contributed by atoms with Crippen LogP contribution in [0.3, 0.4) is 0 Å². The minimum atomic E-state index is -1.27. The lowest BCUT2D eigenvalue weighted by molar-refractivity contribution is -0.149. The molecule has 21 heavy (non-hydrogen) atoms. The van der Waals surface area contributed by atoms with Crippen LogP contribution in [0.2, 0.25) is 0 Å². The summed E-state index contributed by atoms with van der Waals surface area (Å²) < 4.78 is 26.5. The quantitative estimate of drug-likeness (QED) is 0.578. The molecule has 6 nitrogen and oxygen atoms in total. The first-order valence-corrected chi connectivity index (χ1v) is 6.64. The lowest BCUT2D eigenvalue weighted by Crippen LogP contribution is -2.58. The number of carbonyl (C=O) groups is 2. The van der Waals surface area contributed by atoms with Crippen molar-refractivity contribution in [2.45, 2.75) is 31.3 Å². The van der Waals surface area contributed by atoms with Crippen LogP contribution in [-0.2, 0) is 9.59 Å². The summed E-state index contributed by atoms with van der Waals surface area (Å²) in [5.41, 5.74) is 0. The fourth-order valence-corrected chi connectivity index (χ4v) is 3.04. The Kier molecular flexibility index (Phi) is 3.39. The number of halogens is 2. The lowest BCUT2D eigenvalue weighted by atomic mass is 9.90. The van der Waals surface area contributed by atoms with Crippen molar-refractivity contribution in [2.24, 2.45) is 11.8 Å². The van der Waals surface area contributed by atoms with Crippen molar-refractivity contribution in [1.29, 1.82) is 0 Å². The number of piperidine rings is 1. The number of nitrogens with zero attached hydrogens (tertiary/aromatic N) is 1. The molecule has 0 aromatic rings. The van der Waals surface area contributed by atoms with Gasteiger partial charge in [-0.1, -0.05) is 0 Å². The first-order chi connectivity index (χ1) is 9.90. The van der Waals surface area contributed by atoms with Gasteiger partial charge in [0.15, 0.2) is 11.7 Å². The summed E-state index contributed by atoms with van der Waals surface area (Å²) in [6.07, 6.45) is -0.117. The van der Waals surface area contributed by atoms with E-state index in [0.29, 0.717) is 0 Å². The monoisotopic (exact) mass is 300 g/mol. The average molecular weight is 300 g/mol. The van der Waals surface area contributed by atoms with Crippen LogP contribution >= 0.6 is 0 Å². The molecule has 2 aliphatic heterocycles. The number of fused-ring (bicyclic) bond motifs is 1. The highest BCUT2D eigenvalue weighted by atomic mass is 19.2. The molecule has 0 aromatic carbocycles. The maximum absolute atomic E-state index is 13.3. The minimum absolute atomic E-state index is 0.213. The van der Waals surface area contributed by atoms with E-state index in [0.717, 1.165) is 17.1 Å². The Morgan fingerprint density at radius 2 is 1.57 bits per heavy atom. The normalized spacial score (nSPS) is 40.0. The molecule has 0 saturated carbocycles. The van der Waals surface area contributed by atoms with Crippen LogP contribution in [0.15, 0.2) is 23.8 Å². The van der Waals surface area contributed by atoms with Crippen molar-refractivity contribution < 1.29 is 28.6 Å². The van der Waals surface area contributed by atoms with Gasteiger partial charge in [-0.3, -0.25) is 19.8 Å². The van der Waals surface area contributed by atoms with Crippen molar-refractivity contribution in [1.82, 2.24) is 10.2 Å². The summed E-state index contributed by atoms with van der Waals surface area (Å²) in [4.78, 5) is 25.4. The van der Waals surface area contributed by atoms with Crippen molar-refractivity contribution in [3.8, 4) is 0 Å². The number of allylic oxidation sites excluding steroid dienone is 2. The molecule has 2 amide bonds. The SMILES string of the molecule is O=C1C2C=C(F)C(F)=CC2C(=O)N1C1CCC(O)NC1O. The number of carbonyl (C=O) groups excluding carboxylic acids is 2. The maximum atomic E-state index is 13.3. The Balaban J connectivity index is 1.88. The van der Waals surface area contributed by atoms with E-state index in [-0.39, 0.29) is 12.8 Å². The van der Waals surface area contributed by atoms with Gasteiger partial charge in [0.05, 0.1) is 17.9 Å². The van der Waals surface area contributed by atoms with E-state index in [1.54, 1.807) is 0 Å². The van der Waals surface area contributed by atoms with Crippen LogP contribution in [0.1, 0.15) is 12.8 Å². The predicted molar refractivity (Wildman–Crippen MR) is 65.4 cm³/mol. The minimum Gasteiger partial charge on any atom is -0.379 e. The summed E-state index contributed by atoms with van der Waals surface area (Å²) in [6, 6.07) is -0.855. The van der Waals surface area contributed by atoms with Crippen molar-refractivity contribution in [3.63, 3.8) is 0 Å². The van der Waals surface area contributed by atoms with Gasteiger partial charge in [0, 0.05) is 0 Å². The molecular weight excluding hydrogens is 286 g/mol. The molecule has 8 heteroatoms. The zero-order chi connectivity index (χ0) is 15.3. The number of imide groups is 1. The van der Waals surface area contributed by atoms with Gasteiger partial charge in [-0.2, -0.15) is 0 Å². The lowest BCUT2D eigenvalue weighted by Gasteiger charge is -2.36. The number of nitrogens with one attached hydrogen (secondary N) is 1. The van der Waals surface area contributed by atoms with Crippen LogP contribution in [0, 0.1) is 11.8 Å². The van der Waals surface area contributed by atoms with Gasteiger partial charge in [0.25, 0.3) is 0 Å². The Hall–Kier alpha value is -1.64. The second-order valence-electron chi connectivity index (χ2n) is 5.40. The zero-order valence-corrected chi connectivity index (χ0v) is 10.9. The molecule has 0 spiro atoms. The summed E-state index contributed by atoms with van der Waals surface area (Å²) in [5.74, 6) is -5.78. The van der Waals surface area contributed by atoms with Gasteiger partial charge in [-0.25, -0.2) is 8.78 Å². The highest BCUT2D eigenvalue weighted by Crippen LogP contribution is 2.38. The molecule has 3 rings (SSSR count). The number of rotatable bonds is 1. The molecule has 0 bridgehead atoms. The van der Waals surface area contributed by atoms with E-state index < -0.39 is 53.8 Å². The summed E-state index contributed by atoms with van der Waals surface area (Å²) in [5, 5.41) is 21.7. The Bertz CT molecular complexity index is 526. The molecule has 0 radical (unpaired) electrons. The number of hydrogen-bond donors (Lipinski definition) is 3. The van der Waals surface area contributed by atoms with Gasteiger partial charge in [-0.15, -0.1) is 0 Å². The van der Waals surface area contributed by atoms with Crippen LogP contribution in [0.4, 0.5) is 8.78 Å². The number of aliphatic hydroxyl groups excluding tert-OH is 2. The van der Waals surface area contributed by atoms with Crippen LogP contribution in [-0.4, -0.2) is 45.4 Å². The second kappa shape index (κ2) is 4.97. The highest BCUT2D eigenvalue weighted by molar-refractivity contribution is 6.07. The zero-order valence-electron chi connectivity index (χ0n) is 10.9. The van der Waals surface area contributed by atoms with Crippen molar-refractivity contribution >= 4 is 11.8 Å². The molecule has 3 aliphatic rings. The molecule has 2 heterocycles. The second-order valence-corrected chi connectivity index (χ2v) is 5.40. The van der Waals surface area contributed by atoms with Gasteiger partial charge < -0.3 is 10.2 Å². The number of amides is 2. The maximum Gasteiger partial charge on any atom is 0.237 e. The van der Waals surface area contributed by atoms with Gasteiger partial charge in [0.1, 0.15) is 12.5 Å². The van der Waals surface area contributed by atoms with E-state index in [2.05, 4.69) is 5.32 Å². The van der Waals surface area contributed by atoms with Gasteiger partial charge in [0.2, 0.25) is 11.8 Å². The van der Waals surface area contributed by atoms with E-state index in [1.807, 2.05) is 0 Å². The molecule has 3 N–H and O–H groups in total. The molecule has 5 atom stereocenters. The van der Waals surface area contributed by atoms with Crippen molar-refractivity contribution in [3.05, 3.63) is 23.8 Å². The fraction of sp³-hybridized carbons (Fsp3) is 0.538. The summed E-state index contributed by atoms with van der Waals surface area (Å²) in [7, 11) is 0. The van der Waals surface area contributed by atoms with E-state index in [9.17, 15) is 28.6 Å². The van der Waals surface area contributed by atoms with Crippen LogP contribution in [0.25, 0.3) is 0 Å². The molecular formula is C13H14F2N2O4. The molecule has 2 fully saturated rings. The molecule has 1 aliphatic carbocycles. The fourth-order valence-electron chi connectivity index (χ4n) is 3.04. The Labute approximate surface area is 118 Å². The number of aliphatic hydroxyl groups is 2. The summed E-state index contributed by atoms with van der Waals surface area (Å²) >= 11 is 0. The molecule has 5 unspecified atom stereocenters. The van der Waals surface area contributed by atoms with Crippen molar-refractivity contribution in [2.75, 3.05) is 0 Å². The highest BCUT2D eigenvalue weighted by Gasteiger charge is 2.52. The predicted octanol–water partition coefficient (Wildman–Crippen LogP) is -0.303. The molecule has 0 aromatic heterocycles. The standard InChI is InChI=1S/C13H14F2N2O4/c14-7-3-5-6(4-8(7)15)13(21)17(12(5)20)9-1-2-10(18)16-11(9)19/h3-6,9-11,16,18-19H,1-2H2. The largest absolute Gasteiger partial charge is 0.379 e. The third-order valence-corrected chi connectivity index (χ3v) is 4.11. The first kappa shape index (κ1) is 14.3. The Morgan fingerprint density at radius 1 is 1.05 bits per heavy atom.